The van der Waals surface area contributed by atoms with Crippen molar-refractivity contribution in [1.82, 2.24) is 4.98 Å². The van der Waals surface area contributed by atoms with Crippen molar-refractivity contribution in [3.63, 3.8) is 0 Å². The highest BCUT2D eigenvalue weighted by Gasteiger charge is 2.14. The molecule has 1 atom stereocenters. The summed E-state index contributed by atoms with van der Waals surface area (Å²) in [6.45, 7) is 1.86. The quantitative estimate of drug-likeness (QED) is 0.778. The minimum Gasteiger partial charge on any atom is -0.469 e. The molecule has 0 fully saturated rings. The third-order valence-electron chi connectivity index (χ3n) is 3.41. The van der Waals surface area contributed by atoms with E-state index >= 15 is 0 Å². The fourth-order valence-corrected chi connectivity index (χ4v) is 2.39. The van der Waals surface area contributed by atoms with Gasteiger partial charge in [0.05, 0.1) is 17.9 Å². The van der Waals surface area contributed by atoms with Gasteiger partial charge in [-0.1, -0.05) is 18.2 Å². The van der Waals surface area contributed by atoms with E-state index < -0.39 is 6.10 Å². The van der Waals surface area contributed by atoms with Crippen LogP contribution in [0.2, 0.25) is 0 Å². The maximum absolute atomic E-state index is 10.3. The molecule has 3 aromatic rings. The van der Waals surface area contributed by atoms with Crippen molar-refractivity contribution in [3.05, 3.63) is 65.7 Å². The Kier molecular flexibility index (Phi) is 3.05. The number of furan rings is 1. The second kappa shape index (κ2) is 4.86. The average Bonchev–Trinajstić information content (AvgIpc) is 2.85. The van der Waals surface area contributed by atoms with E-state index in [2.05, 4.69) is 4.98 Å². The SMILES string of the molecule is Cc1occc1C(O)Cc1ccnc2ccccc12. The highest BCUT2D eigenvalue weighted by Crippen LogP contribution is 2.25. The number of aryl methyl sites for hydroxylation is 1. The van der Waals surface area contributed by atoms with Gasteiger partial charge in [-0.15, -0.1) is 0 Å². The van der Waals surface area contributed by atoms with Crippen molar-refractivity contribution in [2.45, 2.75) is 19.4 Å². The Hall–Kier alpha value is -2.13. The normalized spacial score (nSPS) is 12.7. The predicted octanol–water partition coefficient (Wildman–Crippen LogP) is 3.41. The molecule has 96 valence electrons. The molecule has 1 aromatic carbocycles. The van der Waals surface area contributed by atoms with Crippen molar-refractivity contribution in [1.29, 1.82) is 0 Å². The zero-order valence-electron chi connectivity index (χ0n) is 10.7. The Labute approximate surface area is 111 Å². The summed E-state index contributed by atoms with van der Waals surface area (Å²) >= 11 is 0. The van der Waals surface area contributed by atoms with Gasteiger partial charge in [0.1, 0.15) is 5.76 Å². The van der Waals surface area contributed by atoms with Crippen molar-refractivity contribution in [2.24, 2.45) is 0 Å². The van der Waals surface area contributed by atoms with Crippen LogP contribution in [0.5, 0.6) is 0 Å². The summed E-state index contributed by atoms with van der Waals surface area (Å²) in [6, 6.07) is 11.8. The molecule has 3 rings (SSSR count). The van der Waals surface area contributed by atoms with Crippen molar-refractivity contribution in [2.75, 3.05) is 0 Å². The summed E-state index contributed by atoms with van der Waals surface area (Å²) in [5.74, 6) is 0.769. The van der Waals surface area contributed by atoms with Crippen LogP contribution in [-0.4, -0.2) is 10.1 Å². The standard InChI is InChI=1S/C16H15NO2/c1-11-13(7-9-19-11)16(18)10-12-6-8-17-15-5-3-2-4-14(12)15/h2-9,16,18H,10H2,1H3. The fraction of sp³-hybridized carbons (Fsp3) is 0.188. The van der Waals surface area contributed by atoms with E-state index in [0.717, 1.165) is 27.8 Å². The summed E-state index contributed by atoms with van der Waals surface area (Å²) in [6.07, 6.45) is 3.40. The number of rotatable bonds is 3. The second-order valence-corrected chi connectivity index (χ2v) is 4.64. The molecule has 0 spiro atoms. The maximum atomic E-state index is 10.3. The third kappa shape index (κ3) is 2.25. The summed E-state index contributed by atoms with van der Waals surface area (Å²) in [4.78, 5) is 4.33. The van der Waals surface area contributed by atoms with Gasteiger partial charge in [-0.3, -0.25) is 4.98 Å². The highest BCUT2D eigenvalue weighted by atomic mass is 16.3. The van der Waals surface area contributed by atoms with E-state index in [1.165, 1.54) is 0 Å². The van der Waals surface area contributed by atoms with Gasteiger partial charge < -0.3 is 9.52 Å². The largest absolute Gasteiger partial charge is 0.469 e. The van der Waals surface area contributed by atoms with Gasteiger partial charge in [-0.2, -0.15) is 0 Å². The van der Waals surface area contributed by atoms with Crippen LogP contribution in [-0.2, 0) is 6.42 Å². The summed E-state index contributed by atoms with van der Waals surface area (Å²) < 4.78 is 5.24. The summed E-state index contributed by atoms with van der Waals surface area (Å²) in [7, 11) is 0. The minimum atomic E-state index is -0.551. The summed E-state index contributed by atoms with van der Waals surface area (Å²) in [5, 5.41) is 11.4. The lowest BCUT2D eigenvalue weighted by atomic mass is 9.99. The zero-order valence-corrected chi connectivity index (χ0v) is 10.7. The highest BCUT2D eigenvalue weighted by molar-refractivity contribution is 5.81. The molecular formula is C16H15NO2. The first-order valence-corrected chi connectivity index (χ1v) is 6.30. The number of aromatic nitrogens is 1. The number of aliphatic hydroxyl groups is 1. The van der Waals surface area contributed by atoms with E-state index in [4.69, 9.17) is 4.42 Å². The Morgan fingerprint density at radius 3 is 2.84 bits per heavy atom. The van der Waals surface area contributed by atoms with Gasteiger partial charge in [0.2, 0.25) is 0 Å². The molecule has 0 aliphatic heterocycles. The molecule has 1 unspecified atom stereocenters. The van der Waals surface area contributed by atoms with Gasteiger partial charge in [0.25, 0.3) is 0 Å². The first-order valence-electron chi connectivity index (χ1n) is 6.30. The molecule has 0 aliphatic carbocycles. The summed E-state index contributed by atoms with van der Waals surface area (Å²) in [5.41, 5.74) is 2.90. The minimum absolute atomic E-state index is 0.551. The number of hydrogen-bond donors (Lipinski definition) is 1. The smallest absolute Gasteiger partial charge is 0.106 e. The molecule has 0 amide bonds. The Balaban J connectivity index is 1.96. The van der Waals surface area contributed by atoms with E-state index in [0.29, 0.717) is 6.42 Å². The molecule has 0 saturated carbocycles. The van der Waals surface area contributed by atoms with E-state index in [1.807, 2.05) is 43.3 Å². The number of aliphatic hydroxyl groups excluding tert-OH is 1. The molecule has 2 aromatic heterocycles. The monoisotopic (exact) mass is 253 g/mol. The number of nitrogens with zero attached hydrogens (tertiary/aromatic N) is 1. The lowest BCUT2D eigenvalue weighted by Gasteiger charge is -2.11. The zero-order chi connectivity index (χ0) is 13.2. The van der Waals surface area contributed by atoms with E-state index in [1.54, 1.807) is 12.5 Å². The average molecular weight is 253 g/mol. The van der Waals surface area contributed by atoms with Crippen LogP contribution in [0.15, 0.2) is 53.3 Å². The predicted molar refractivity (Wildman–Crippen MR) is 73.9 cm³/mol. The second-order valence-electron chi connectivity index (χ2n) is 4.64. The van der Waals surface area contributed by atoms with Gasteiger partial charge in [-0.25, -0.2) is 0 Å². The maximum Gasteiger partial charge on any atom is 0.106 e. The molecule has 3 nitrogen and oxygen atoms in total. The van der Waals surface area contributed by atoms with Gasteiger partial charge in [-0.05, 0) is 30.7 Å². The van der Waals surface area contributed by atoms with Crippen LogP contribution in [0.1, 0.15) is 23.0 Å². The van der Waals surface area contributed by atoms with Gasteiger partial charge in [0.15, 0.2) is 0 Å². The van der Waals surface area contributed by atoms with Crippen LogP contribution >= 0.6 is 0 Å². The van der Waals surface area contributed by atoms with Crippen LogP contribution in [0.3, 0.4) is 0 Å². The van der Waals surface area contributed by atoms with E-state index in [-0.39, 0.29) is 0 Å². The molecule has 0 saturated heterocycles. The Morgan fingerprint density at radius 1 is 1.21 bits per heavy atom. The topological polar surface area (TPSA) is 46.3 Å². The first kappa shape index (κ1) is 11.9. The molecule has 0 radical (unpaired) electrons. The van der Waals surface area contributed by atoms with Crippen molar-refractivity contribution >= 4 is 10.9 Å². The van der Waals surface area contributed by atoms with Crippen molar-refractivity contribution < 1.29 is 9.52 Å². The molecule has 2 heterocycles. The molecular weight excluding hydrogens is 238 g/mol. The Morgan fingerprint density at radius 2 is 2.05 bits per heavy atom. The Bertz CT molecular complexity index is 697. The van der Waals surface area contributed by atoms with E-state index in [9.17, 15) is 5.11 Å². The van der Waals surface area contributed by atoms with Crippen LogP contribution in [0, 0.1) is 6.92 Å². The van der Waals surface area contributed by atoms with Crippen molar-refractivity contribution in [3.8, 4) is 0 Å². The lowest BCUT2D eigenvalue weighted by molar-refractivity contribution is 0.177. The fourth-order valence-electron chi connectivity index (χ4n) is 2.39. The third-order valence-corrected chi connectivity index (χ3v) is 3.41. The molecule has 19 heavy (non-hydrogen) atoms. The van der Waals surface area contributed by atoms with Gasteiger partial charge in [0, 0.05) is 23.6 Å². The number of fused-ring (bicyclic) bond motifs is 1. The number of para-hydroxylation sites is 1. The lowest BCUT2D eigenvalue weighted by Crippen LogP contribution is -2.02. The number of hydrogen-bond acceptors (Lipinski definition) is 3. The van der Waals surface area contributed by atoms with Crippen LogP contribution < -0.4 is 0 Å². The number of pyridine rings is 1. The molecule has 0 aliphatic rings. The molecule has 3 heteroatoms. The van der Waals surface area contributed by atoms with Crippen LogP contribution in [0.25, 0.3) is 10.9 Å². The van der Waals surface area contributed by atoms with Crippen LogP contribution in [0.4, 0.5) is 0 Å². The first-order chi connectivity index (χ1) is 9.25. The van der Waals surface area contributed by atoms with Gasteiger partial charge >= 0.3 is 0 Å². The molecule has 0 bridgehead atoms. The number of benzene rings is 1. The molecule has 1 N–H and O–H groups in total.